The monoisotopic (exact) mass is 196 g/mol. The molecular weight excluding hydrogens is 180 g/mol. The molecule has 1 N–H and O–H groups in total. The van der Waals surface area contributed by atoms with Crippen LogP contribution >= 0.6 is 0 Å². The first-order valence-electron chi connectivity index (χ1n) is 5.15. The zero-order chi connectivity index (χ0) is 9.80. The molecule has 0 aliphatic carbocycles. The van der Waals surface area contributed by atoms with Crippen molar-refractivity contribution in [1.29, 1.82) is 0 Å². The van der Waals surface area contributed by atoms with Crippen LogP contribution in [0.4, 0.5) is 0 Å². The lowest BCUT2D eigenvalue weighted by molar-refractivity contribution is 0.145. The maximum Gasteiger partial charge on any atom is 0.315 e. The fraction of sp³-hybridized carbons (Fsp3) is 0.778. The van der Waals surface area contributed by atoms with Crippen LogP contribution in [0, 0.1) is 0 Å². The molecule has 1 aromatic rings. The third-order valence-electron chi connectivity index (χ3n) is 2.40. The Balaban J connectivity index is 1.95. The predicted molar refractivity (Wildman–Crippen MR) is 52.2 cm³/mol. The lowest BCUT2D eigenvalue weighted by atomic mass is 10.1. The molecule has 1 aliphatic rings. The molecule has 1 aliphatic heterocycles. The highest BCUT2D eigenvalue weighted by atomic mass is 16.5. The Hall–Kier alpha value is -1.10. The van der Waals surface area contributed by atoms with Crippen LogP contribution in [0.5, 0.6) is 6.01 Å². The van der Waals surface area contributed by atoms with Crippen molar-refractivity contribution in [3.05, 3.63) is 6.33 Å². The first-order chi connectivity index (χ1) is 6.90. The number of rotatable bonds is 3. The summed E-state index contributed by atoms with van der Waals surface area (Å²) in [7, 11) is 0. The van der Waals surface area contributed by atoms with E-state index in [1.165, 1.54) is 12.7 Å². The zero-order valence-electron chi connectivity index (χ0n) is 8.44. The highest BCUT2D eigenvalue weighted by molar-refractivity contribution is 4.92. The molecule has 2 heterocycles. The highest BCUT2D eigenvalue weighted by Gasteiger charge is 2.16. The van der Waals surface area contributed by atoms with E-state index in [1.54, 1.807) is 4.68 Å². The maximum absolute atomic E-state index is 5.74. The zero-order valence-corrected chi connectivity index (χ0v) is 8.44. The predicted octanol–water partition coefficient (Wildman–Crippen LogP) is 0.429. The second-order valence-electron chi connectivity index (χ2n) is 3.44. The van der Waals surface area contributed by atoms with Gasteiger partial charge in [-0.2, -0.15) is 10.1 Å². The van der Waals surface area contributed by atoms with Gasteiger partial charge in [-0.1, -0.05) is 0 Å². The first kappa shape index (κ1) is 9.45. The van der Waals surface area contributed by atoms with Crippen molar-refractivity contribution in [2.75, 3.05) is 13.1 Å². The second kappa shape index (κ2) is 4.41. The number of aryl methyl sites for hydroxylation is 1. The van der Waals surface area contributed by atoms with E-state index in [0.29, 0.717) is 6.01 Å². The van der Waals surface area contributed by atoms with Gasteiger partial charge in [0, 0.05) is 13.1 Å². The lowest BCUT2D eigenvalue weighted by Crippen LogP contribution is -2.37. The summed E-state index contributed by atoms with van der Waals surface area (Å²) in [4.78, 5) is 4.08. The first-order valence-corrected chi connectivity index (χ1v) is 5.15. The molecule has 14 heavy (non-hydrogen) atoms. The molecular formula is C9H16N4O. The highest BCUT2D eigenvalue weighted by Crippen LogP contribution is 2.11. The van der Waals surface area contributed by atoms with Gasteiger partial charge in [-0.15, -0.1) is 0 Å². The summed E-state index contributed by atoms with van der Waals surface area (Å²) in [5.74, 6) is 0. The fourth-order valence-electron chi connectivity index (χ4n) is 1.63. The molecule has 1 fully saturated rings. The number of nitrogens with zero attached hydrogens (tertiary/aromatic N) is 3. The van der Waals surface area contributed by atoms with Crippen molar-refractivity contribution in [2.24, 2.45) is 0 Å². The summed E-state index contributed by atoms with van der Waals surface area (Å²) in [5.41, 5.74) is 0. The molecule has 5 nitrogen and oxygen atoms in total. The van der Waals surface area contributed by atoms with Crippen LogP contribution in [-0.2, 0) is 6.54 Å². The standard InChI is InChI=1S/C9H16N4O/c1-2-13-9(11-7-12-13)14-8-4-3-5-10-6-8/h7-8,10H,2-6H2,1H3. The summed E-state index contributed by atoms with van der Waals surface area (Å²) in [6.45, 7) is 4.84. The van der Waals surface area contributed by atoms with Gasteiger partial charge in [0.15, 0.2) is 0 Å². The number of hydrogen-bond donors (Lipinski definition) is 1. The van der Waals surface area contributed by atoms with Crippen LogP contribution in [0.3, 0.4) is 0 Å². The molecule has 0 spiro atoms. The van der Waals surface area contributed by atoms with Crippen LogP contribution < -0.4 is 10.1 Å². The normalized spacial score (nSPS) is 22.2. The smallest absolute Gasteiger partial charge is 0.315 e. The fourth-order valence-corrected chi connectivity index (χ4v) is 1.63. The van der Waals surface area contributed by atoms with E-state index < -0.39 is 0 Å². The molecule has 2 rings (SSSR count). The molecule has 78 valence electrons. The van der Waals surface area contributed by atoms with Gasteiger partial charge in [-0.05, 0) is 26.3 Å². The van der Waals surface area contributed by atoms with Gasteiger partial charge < -0.3 is 10.1 Å². The van der Waals surface area contributed by atoms with Crippen molar-refractivity contribution in [3.63, 3.8) is 0 Å². The Kier molecular flexibility index (Phi) is 2.98. The van der Waals surface area contributed by atoms with Gasteiger partial charge in [0.05, 0.1) is 0 Å². The van der Waals surface area contributed by atoms with Crippen molar-refractivity contribution in [1.82, 2.24) is 20.1 Å². The van der Waals surface area contributed by atoms with Gasteiger partial charge in [-0.3, -0.25) is 0 Å². The van der Waals surface area contributed by atoms with E-state index in [-0.39, 0.29) is 6.10 Å². The van der Waals surface area contributed by atoms with Crippen molar-refractivity contribution in [3.8, 4) is 6.01 Å². The quantitative estimate of drug-likeness (QED) is 0.761. The van der Waals surface area contributed by atoms with Crippen LogP contribution in [0.25, 0.3) is 0 Å². The molecule has 1 unspecified atom stereocenters. The SMILES string of the molecule is CCn1ncnc1OC1CCCNC1. The van der Waals surface area contributed by atoms with Gasteiger partial charge in [0.2, 0.25) is 0 Å². The van der Waals surface area contributed by atoms with Crippen molar-refractivity contribution < 1.29 is 4.74 Å². The lowest BCUT2D eigenvalue weighted by Gasteiger charge is -2.22. The Labute approximate surface area is 83.5 Å². The summed E-state index contributed by atoms with van der Waals surface area (Å²) < 4.78 is 7.52. The second-order valence-corrected chi connectivity index (χ2v) is 3.44. The van der Waals surface area contributed by atoms with Crippen LogP contribution in [0.2, 0.25) is 0 Å². The van der Waals surface area contributed by atoms with E-state index in [4.69, 9.17) is 4.74 Å². The van der Waals surface area contributed by atoms with Crippen LogP contribution in [-0.4, -0.2) is 34.0 Å². The Morgan fingerprint density at radius 1 is 1.71 bits per heavy atom. The summed E-state index contributed by atoms with van der Waals surface area (Å²) in [6, 6.07) is 0.640. The number of hydrogen-bond acceptors (Lipinski definition) is 4. The number of ether oxygens (including phenoxy) is 1. The third-order valence-corrected chi connectivity index (χ3v) is 2.40. The van der Waals surface area contributed by atoms with Crippen molar-refractivity contribution in [2.45, 2.75) is 32.4 Å². The number of nitrogens with one attached hydrogen (secondary N) is 1. The van der Waals surface area contributed by atoms with E-state index >= 15 is 0 Å². The summed E-state index contributed by atoms with van der Waals surface area (Å²) in [6.07, 6.45) is 4.06. The maximum atomic E-state index is 5.74. The third kappa shape index (κ3) is 2.04. The topological polar surface area (TPSA) is 52.0 Å². The van der Waals surface area contributed by atoms with Gasteiger partial charge in [-0.25, -0.2) is 4.68 Å². The molecule has 0 saturated carbocycles. The van der Waals surface area contributed by atoms with Crippen molar-refractivity contribution >= 4 is 0 Å². The molecule has 5 heteroatoms. The molecule has 0 aromatic carbocycles. The van der Waals surface area contributed by atoms with Gasteiger partial charge in [0.25, 0.3) is 0 Å². The minimum atomic E-state index is 0.248. The largest absolute Gasteiger partial charge is 0.459 e. The average Bonchev–Trinajstić information content (AvgIpc) is 2.67. The van der Waals surface area contributed by atoms with E-state index in [9.17, 15) is 0 Å². The van der Waals surface area contributed by atoms with Crippen LogP contribution in [0.1, 0.15) is 19.8 Å². The van der Waals surface area contributed by atoms with E-state index in [2.05, 4.69) is 15.4 Å². The Morgan fingerprint density at radius 3 is 3.36 bits per heavy atom. The molecule has 0 radical (unpaired) electrons. The molecule has 1 aromatic heterocycles. The van der Waals surface area contributed by atoms with Crippen LogP contribution in [0.15, 0.2) is 6.33 Å². The Morgan fingerprint density at radius 2 is 2.64 bits per heavy atom. The average molecular weight is 196 g/mol. The van der Waals surface area contributed by atoms with E-state index in [0.717, 1.165) is 26.1 Å². The number of piperidine rings is 1. The summed E-state index contributed by atoms with van der Waals surface area (Å²) in [5, 5.41) is 7.36. The van der Waals surface area contributed by atoms with Gasteiger partial charge >= 0.3 is 6.01 Å². The number of aromatic nitrogens is 3. The molecule has 1 atom stereocenters. The van der Waals surface area contributed by atoms with E-state index in [1.807, 2.05) is 6.92 Å². The summed E-state index contributed by atoms with van der Waals surface area (Å²) >= 11 is 0. The minimum absolute atomic E-state index is 0.248. The minimum Gasteiger partial charge on any atom is -0.459 e. The molecule has 1 saturated heterocycles. The van der Waals surface area contributed by atoms with Gasteiger partial charge in [0.1, 0.15) is 12.4 Å². The molecule has 0 amide bonds. The molecule has 0 bridgehead atoms. The Bertz CT molecular complexity index is 280.